The number of benzene rings is 3. The molecule has 0 spiro atoms. The molecule has 1 heterocycles. The molecule has 7 nitrogen and oxygen atoms in total. The molecule has 198 valence electrons. The normalized spacial score (nSPS) is 16.8. The van der Waals surface area contributed by atoms with Crippen LogP contribution in [0.2, 0.25) is 0 Å². The van der Waals surface area contributed by atoms with Gasteiger partial charge in [-0.3, -0.25) is 9.59 Å². The maximum atomic E-state index is 13.2. The number of aliphatic hydroxyl groups is 1. The van der Waals surface area contributed by atoms with Gasteiger partial charge in [0.25, 0.3) is 11.7 Å². The predicted molar refractivity (Wildman–Crippen MR) is 147 cm³/mol. The van der Waals surface area contributed by atoms with Crippen molar-refractivity contribution in [1.29, 1.82) is 0 Å². The lowest BCUT2D eigenvalue weighted by atomic mass is 9.95. The Morgan fingerprint density at radius 2 is 1.71 bits per heavy atom. The van der Waals surface area contributed by atoms with Crippen molar-refractivity contribution in [2.24, 2.45) is 0 Å². The number of likely N-dealkylation sites (tertiary alicyclic amines) is 1. The average molecular weight is 515 g/mol. The number of methoxy groups -OCH3 is 1. The number of ether oxygens (including phenoxy) is 2. The number of nitrogens with zero attached hydrogens (tertiary/aromatic N) is 2. The number of aryl methyl sites for hydroxylation is 1. The van der Waals surface area contributed by atoms with Gasteiger partial charge >= 0.3 is 0 Å². The number of aliphatic hydroxyl groups excluding tert-OH is 1. The Balaban J connectivity index is 1.64. The van der Waals surface area contributed by atoms with E-state index < -0.39 is 17.7 Å². The van der Waals surface area contributed by atoms with Crippen LogP contribution in [0, 0.1) is 6.92 Å². The number of amides is 1. The molecule has 1 aliphatic heterocycles. The predicted octanol–water partition coefficient (Wildman–Crippen LogP) is 4.96. The monoisotopic (exact) mass is 514 g/mol. The highest BCUT2D eigenvalue weighted by Gasteiger charge is 2.45. The van der Waals surface area contributed by atoms with Crippen LogP contribution < -0.4 is 9.47 Å². The summed E-state index contributed by atoms with van der Waals surface area (Å²) in [5.74, 6) is -0.277. The van der Waals surface area contributed by atoms with Gasteiger partial charge in [0.15, 0.2) is 0 Å². The van der Waals surface area contributed by atoms with Gasteiger partial charge in [-0.05, 0) is 81.5 Å². The summed E-state index contributed by atoms with van der Waals surface area (Å²) in [6.07, 6.45) is 0.688. The Hall–Kier alpha value is -4.10. The van der Waals surface area contributed by atoms with Crippen molar-refractivity contribution in [2.75, 3.05) is 34.3 Å². The second-order valence-corrected chi connectivity index (χ2v) is 9.73. The molecule has 1 N–H and O–H groups in total. The fraction of sp³-hybridized carbons (Fsp3) is 0.290. The first kappa shape index (κ1) is 26.9. The molecule has 1 fully saturated rings. The number of carbonyl (C=O) groups is 2. The Kier molecular flexibility index (Phi) is 8.48. The first-order chi connectivity index (χ1) is 18.3. The maximum Gasteiger partial charge on any atom is 0.295 e. The minimum Gasteiger partial charge on any atom is -0.507 e. The van der Waals surface area contributed by atoms with Gasteiger partial charge in [-0.1, -0.05) is 42.0 Å². The van der Waals surface area contributed by atoms with E-state index >= 15 is 0 Å². The number of hydrogen-bond acceptors (Lipinski definition) is 6. The smallest absolute Gasteiger partial charge is 0.295 e. The van der Waals surface area contributed by atoms with Gasteiger partial charge in [0.05, 0.1) is 18.7 Å². The van der Waals surface area contributed by atoms with E-state index in [4.69, 9.17) is 9.47 Å². The maximum absolute atomic E-state index is 13.2. The molecule has 1 aliphatic rings. The van der Waals surface area contributed by atoms with Gasteiger partial charge in [0, 0.05) is 12.1 Å². The molecule has 0 saturated carbocycles. The molecule has 38 heavy (non-hydrogen) atoms. The van der Waals surface area contributed by atoms with Gasteiger partial charge in [0.1, 0.15) is 23.9 Å². The topological polar surface area (TPSA) is 79.3 Å². The van der Waals surface area contributed by atoms with Crippen LogP contribution in [-0.2, 0) is 16.2 Å². The second-order valence-electron chi connectivity index (χ2n) is 9.73. The third-order valence-electron chi connectivity index (χ3n) is 6.57. The van der Waals surface area contributed by atoms with E-state index in [1.807, 2.05) is 56.3 Å². The molecule has 0 aromatic heterocycles. The molecule has 1 amide bonds. The molecule has 3 aromatic carbocycles. The highest BCUT2D eigenvalue weighted by Crippen LogP contribution is 2.40. The van der Waals surface area contributed by atoms with Crippen LogP contribution in [0.4, 0.5) is 0 Å². The summed E-state index contributed by atoms with van der Waals surface area (Å²) < 4.78 is 11.3. The molecule has 3 aromatic rings. The zero-order valence-corrected chi connectivity index (χ0v) is 22.3. The molecular formula is C31H34N2O5. The summed E-state index contributed by atoms with van der Waals surface area (Å²) in [6.45, 7) is 3.59. The van der Waals surface area contributed by atoms with E-state index in [0.29, 0.717) is 42.2 Å². The van der Waals surface area contributed by atoms with E-state index in [1.165, 1.54) is 0 Å². The Morgan fingerprint density at radius 3 is 2.39 bits per heavy atom. The minimum atomic E-state index is -0.718. The molecule has 1 atom stereocenters. The number of ketones is 1. The molecule has 0 aliphatic carbocycles. The molecule has 1 saturated heterocycles. The van der Waals surface area contributed by atoms with Gasteiger partial charge in [-0.25, -0.2) is 0 Å². The standard InChI is InChI=1S/C31H34N2O5/c1-21-8-5-9-22(18-21)20-38-25-14-12-23(13-15-25)29(34)27-28(24-10-6-11-26(19-24)37-4)33(31(36)30(27)35)17-7-16-32(2)3/h5-6,8-15,18-19,28,34H,7,16-17,20H2,1-4H3/t28-/m0/s1. The summed E-state index contributed by atoms with van der Waals surface area (Å²) in [6, 6.07) is 21.5. The second kappa shape index (κ2) is 12.0. The zero-order valence-electron chi connectivity index (χ0n) is 22.3. The first-order valence-electron chi connectivity index (χ1n) is 12.6. The van der Waals surface area contributed by atoms with Gasteiger partial charge < -0.3 is 24.4 Å². The Labute approximate surface area is 223 Å². The van der Waals surface area contributed by atoms with Crippen LogP contribution in [0.1, 0.15) is 34.7 Å². The largest absolute Gasteiger partial charge is 0.507 e. The van der Waals surface area contributed by atoms with E-state index in [0.717, 1.165) is 17.7 Å². The highest BCUT2D eigenvalue weighted by molar-refractivity contribution is 6.46. The highest BCUT2D eigenvalue weighted by atomic mass is 16.5. The number of carbonyl (C=O) groups excluding carboxylic acids is 2. The summed E-state index contributed by atoms with van der Waals surface area (Å²) in [5.41, 5.74) is 3.43. The van der Waals surface area contributed by atoms with Gasteiger partial charge in [-0.15, -0.1) is 0 Å². The molecule has 0 bridgehead atoms. The quantitative estimate of drug-likeness (QED) is 0.234. The van der Waals surface area contributed by atoms with E-state index in [2.05, 4.69) is 6.07 Å². The fourth-order valence-corrected chi connectivity index (χ4v) is 4.66. The van der Waals surface area contributed by atoms with Gasteiger partial charge in [-0.2, -0.15) is 0 Å². The molecular weight excluding hydrogens is 480 g/mol. The van der Waals surface area contributed by atoms with Crippen molar-refractivity contribution in [3.8, 4) is 11.5 Å². The fourth-order valence-electron chi connectivity index (χ4n) is 4.66. The lowest BCUT2D eigenvalue weighted by Gasteiger charge is -2.26. The van der Waals surface area contributed by atoms with Crippen LogP contribution in [0.15, 0.2) is 78.4 Å². The van der Waals surface area contributed by atoms with Crippen molar-refractivity contribution in [2.45, 2.75) is 26.0 Å². The zero-order chi connectivity index (χ0) is 27.2. The summed E-state index contributed by atoms with van der Waals surface area (Å²) in [5, 5.41) is 11.3. The van der Waals surface area contributed by atoms with Crippen molar-refractivity contribution >= 4 is 17.4 Å². The van der Waals surface area contributed by atoms with Crippen molar-refractivity contribution in [3.63, 3.8) is 0 Å². The molecule has 4 rings (SSSR count). The Morgan fingerprint density at radius 1 is 0.974 bits per heavy atom. The average Bonchev–Trinajstić information content (AvgIpc) is 3.17. The minimum absolute atomic E-state index is 0.0709. The van der Waals surface area contributed by atoms with Crippen LogP contribution in [0.3, 0.4) is 0 Å². The molecule has 0 unspecified atom stereocenters. The molecule has 0 radical (unpaired) electrons. The lowest BCUT2D eigenvalue weighted by Crippen LogP contribution is -2.32. The van der Waals surface area contributed by atoms with Crippen LogP contribution in [0.5, 0.6) is 11.5 Å². The van der Waals surface area contributed by atoms with E-state index in [9.17, 15) is 14.7 Å². The van der Waals surface area contributed by atoms with E-state index in [-0.39, 0.29) is 11.3 Å². The van der Waals surface area contributed by atoms with Gasteiger partial charge in [0.2, 0.25) is 0 Å². The third-order valence-corrected chi connectivity index (χ3v) is 6.57. The third kappa shape index (κ3) is 6.06. The van der Waals surface area contributed by atoms with Crippen molar-refractivity contribution < 1.29 is 24.2 Å². The number of Topliss-reactive ketones (excluding diaryl/α,β-unsaturated/α-hetero) is 1. The molecule has 7 heteroatoms. The summed E-state index contributed by atoms with van der Waals surface area (Å²) in [7, 11) is 5.49. The lowest BCUT2D eigenvalue weighted by molar-refractivity contribution is -0.139. The van der Waals surface area contributed by atoms with E-state index in [1.54, 1.807) is 48.4 Å². The van der Waals surface area contributed by atoms with Crippen molar-refractivity contribution in [1.82, 2.24) is 9.80 Å². The number of rotatable bonds is 10. The first-order valence-corrected chi connectivity index (χ1v) is 12.6. The van der Waals surface area contributed by atoms with Crippen LogP contribution in [0.25, 0.3) is 5.76 Å². The van der Waals surface area contributed by atoms with Crippen molar-refractivity contribution in [3.05, 3.63) is 101 Å². The number of hydrogen-bond donors (Lipinski definition) is 1. The van der Waals surface area contributed by atoms with Crippen LogP contribution in [-0.4, -0.2) is 60.9 Å². The summed E-state index contributed by atoms with van der Waals surface area (Å²) in [4.78, 5) is 29.9. The SMILES string of the molecule is COc1cccc([C@H]2C(=C(O)c3ccc(OCc4cccc(C)c4)cc3)C(=O)C(=O)N2CCCN(C)C)c1. The van der Waals surface area contributed by atoms with Crippen LogP contribution >= 0.6 is 0 Å². The summed E-state index contributed by atoms with van der Waals surface area (Å²) >= 11 is 0. The Bertz CT molecular complexity index is 1330.